The van der Waals surface area contributed by atoms with Gasteiger partial charge < -0.3 is 14.6 Å². The number of carbonyl (C=O) groups is 1. The minimum Gasteiger partial charge on any atom is -0.549 e. The molecule has 3 aromatic rings. The molecule has 0 spiro atoms. The van der Waals surface area contributed by atoms with Crippen molar-refractivity contribution in [1.82, 2.24) is 0 Å². The van der Waals surface area contributed by atoms with Gasteiger partial charge in [0.15, 0.2) is 0 Å². The van der Waals surface area contributed by atoms with Gasteiger partial charge in [0, 0.05) is 11.9 Å². The van der Waals surface area contributed by atoms with E-state index < -0.39 is 11.9 Å². The number of hydrogen-bond donors (Lipinski definition) is 0. The molecule has 27 heavy (non-hydrogen) atoms. The molecule has 0 aromatic heterocycles. The molecule has 3 aromatic carbocycles. The van der Waals surface area contributed by atoms with Gasteiger partial charge in [-0.05, 0) is 60.2 Å². The lowest BCUT2D eigenvalue weighted by molar-refractivity contribution is -0.308. The highest BCUT2D eigenvalue weighted by molar-refractivity contribution is 5.76. The van der Waals surface area contributed by atoms with Crippen LogP contribution in [0.3, 0.4) is 0 Å². The summed E-state index contributed by atoms with van der Waals surface area (Å²) in [6.07, 6.45) is 0.412. The molecular weight excluding hydrogens is 336 g/mol. The number of hydrogen-bond acceptors (Lipinski definition) is 3. The molecule has 0 radical (unpaired) electrons. The Labute approximate surface area is 160 Å². The third-order valence-corrected chi connectivity index (χ3v) is 4.73. The molecule has 0 aliphatic carbocycles. The van der Waals surface area contributed by atoms with Crippen LogP contribution in [0.5, 0.6) is 5.75 Å². The number of rotatable bonds is 7. The zero-order valence-electron chi connectivity index (χ0n) is 15.6. The highest BCUT2D eigenvalue weighted by Crippen LogP contribution is 2.31. The van der Waals surface area contributed by atoms with Crippen LogP contribution in [-0.2, 0) is 17.8 Å². The molecule has 3 heteroatoms. The minimum absolute atomic E-state index is 0.412. The zero-order chi connectivity index (χ0) is 19.2. The van der Waals surface area contributed by atoms with Gasteiger partial charge >= 0.3 is 0 Å². The fourth-order valence-electron chi connectivity index (χ4n) is 3.46. The summed E-state index contributed by atoms with van der Waals surface area (Å²) in [6.45, 7) is 4.34. The first-order valence-electron chi connectivity index (χ1n) is 9.07. The van der Waals surface area contributed by atoms with E-state index in [2.05, 4.69) is 0 Å². The average molecular weight is 359 g/mol. The quantitative estimate of drug-likeness (QED) is 0.642. The van der Waals surface area contributed by atoms with Crippen LogP contribution in [0.25, 0.3) is 0 Å². The maximum Gasteiger partial charge on any atom is 0.120 e. The second-order valence-corrected chi connectivity index (χ2v) is 6.81. The third kappa shape index (κ3) is 4.76. The van der Waals surface area contributed by atoms with Crippen LogP contribution in [-0.4, -0.2) is 5.97 Å². The van der Waals surface area contributed by atoms with Crippen LogP contribution in [0.15, 0.2) is 72.8 Å². The first kappa shape index (κ1) is 18.7. The number of aliphatic carboxylic acids is 1. The summed E-state index contributed by atoms with van der Waals surface area (Å²) in [4.78, 5) is 11.9. The molecule has 0 heterocycles. The predicted octanol–water partition coefficient (Wildman–Crippen LogP) is 3.96. The summed E-state index contributed by atoms with van der Waals surface area (Å²) < 4.78 is 5.90. The molecule has 1 unspecified atom stereocenters. The second kappa shape index (κ2) is 8.54. The van der Waals surface area contributed by atoms with Crippen LogP contribution >= 0.6 is 0 Å². The largest absolute Gasteiger partial charge is 0.549 e. The highest BCUT2D eigenvalue weighted by atomic mass is 16.5. The van der Waals surface area contributed by atoms with Gasteiger partial charge in [0.2, 0.25) is 0 Å². The van der Waals surface area contributed by atoms with Gasteiger partial charge in [0.05, 0.1) is 0 Å². The number of aryl methyl sites for hydroxylation is 2. The fraction of sp³-hybridized carbons (Fsp3) is 0.208. The molecule has 0 aliphatic rings. The smallest absolute Gasteiger partial charge is 0.120 e. The predicted molar refractivity (Wildman–Crippen MR) is 105 cm³/mol. The molecule has 0 N–H and O–H groups in total. The Hall–Kier alpha value is -3.07. The summed E-state index contributed by atoms with van der Waals surface area (Å²) in [6, 6.07) is 23.4. The van der Waals surface area contributed by atoms with Crippen LogP contribution in [0.1, 0.15) is 33.7 Å². The van der Waals surface area contributed by atoms with Gasteiger partial charge in [0.1, 0.15) is 12.4 Å². The molecule has 0 saturated carbocycles. The second-order valence-electron chi connectivity index (χ2n) is 6.81. The van der Waals surface area contributed by atoms with Crippen molar-refractivity contribution in [2.45, 2.75) is 32.8 Å². The average Bonchev–Trinajstić information content (AvgIpc) is 2.66. The Morgan fingerprint density at radius 2 is 1.41 bits per heavy atom. The Morgan fingerprint density at radius 3 is 1.93 bits per heavy atom. The lowest BCUT2D eigenvalue weighted by atomic mass is 9.86. The Kier molecular flexibility index (Phi) is 5.92. The molecule has 0 saturated heterocycles. The van der Waals surface area contributed by atoms with Gasteiger partial charge in [0.25, 0.3) is 0 Å². The lowest BCUT2D eigenvalue weighted by Gasteiger charge is -2.24. The molecule has 3 nitrogen and oxygen atoms in total. The van der Waals surface area contributed by atoms with E-state index in [1.54, 1.807) is 0 Å². The Bertz CT molecular complexity index is 878. The van der Waals surface area contributed by atoms with Crippen molar-refractivity contribution >= 4 is 5.97 Å². The van der Waals surface area contributed by atoms with E-state index in [4.69, 9.17) is 4.74 Å². The number of carboxylic acids is 1. The molecule has 0 aliphatic heterocycles. The Morgan fingerprint density at radius 1 is 0.889 bits per heavy atom. The summed E-state index contributed by atoms with van der Waals surface area (Å²) in [7, 11) is 0. The standard InChI is InChI=1S/C24H24O3/c1-17-13-21(27-16-20-11-7-4-8-12-20)14-18(2)23(17)22(24(25)26)15-19-9-5-3-6-10-19/h3-14,22H,15-16H2,1-2H3,(H,25,26)/p-1. The van der Waals surface area contributed by atoms with Gasteiger partial charge in [-0.25, -0.2) is 0 Å². The Balaban J connectivity index is 1.83. The third-order valence-electron chi connectivity index (χ3n) is 4.73. The van der Waals surface area contributed by atoms with Crippen LogP contribution in [0, 0.1) is 13.8 Å². The summed E-state index contributed by atoms with van der Waals surface area (Å²) in [5.74, 6) is -0.993. The maximum atomic E-state index is 11.9. The molecule has 3 rings (SSSR count). The first-order valence-corrected chi connectivity index (χ1v) is 9.07. The van der Waals surface area contributed by atoms with Crippen molar-refractivity contribution in [1.29, 1.82) is 0 Å². The van der Waals surface area contributed by atoms with Crippen LogP contribution < -0.4 is 9.84 Å². The van der Waals surface area contributed by atoms with Crippen molar-refractivity contribution < 1.29 is 14.6 Å². The van der Waals surface area contributed by atoms with E-state index in [9.17, 15) is 9.90 Å². The van der Waals surface area contributed by atoms with E-state index in [1.807, 2.05) is 86.6 Å². The molecule has 0 amide bonds. The fourth-order valence-corrected chi connectivity index (χ4v) is 3.46. The van der Waals surface area contributed by atoms with Gasteiger partial charge in [-0.15, -0.1) is 0 Å². The van der Waals surface area contributed by atoms with E-state index >= 15 is 0 Å². The maximum absolute atomic E-state index is 11.9. The SMILES string of the molecule is Cc1cc(OCc2ccccc2)cc(C)c1C(Cc1ccccc1)C(=O)[O-]. The molecule has 0 bridgehead atoms. The normalized spacial score (nSPS) is 11.8. The van der Waals surface area contributed by atoms with E-state index in [0.29, 0.717) is 13.0 Å². The van der Waals surface area contributed by atoms with Crippen molar-refractivity contribution in [3.8, 4) is 5.75 Å². The van der Waals surface area contributed by atoms with E-state index in [1.165, 1.54) is 0 Å². The number of carbonyl (C=O) groups excluding carboxylic acids is 1. The zero-order valence-corrected chi connectivity index (χ0v) is 15.6. The van der Waals surface area contributed by atoms with Crippen LogP contribution in [0.2, 0.25) is 0 Å². The van der Waals surface area contributed by atoms with Crippen molar-refractivity contribution in [2.75, 3.05) is 0 Å². The van der Waals surface area contributed by atoms with Crippen molar-refractivity contribution in [3.05, 3.63) is 101 Å². The van der Waals surface area contributed by atoms with E-state index in [-0.39, 0.29) is 0 Å². The summed E-state index contributed by atoms with van der Waals surface area (Å²) in [5, 5.41) is 11.9. The lowest BCUT2D eigenvalue weighted by Crippen LogP contribution is -2.32. The van der Waals surface area contributed by atoms with Gasteiger partial charge in [-0.2, -0.15) is 0 Å². The number of ether oxygens (including phenoxy) is 1. The van der Waals surface area contributed by atoms with Crippen molar-refractivity contribution in [2.24, 2.45) is 0 Å². The molecule has 138 valence electrons. The topological polar surface area (TPSA) is 49.4 Å². The number of carboxylic acid groups (broad SMARTS) is 1. The first-order chi connectivity index (χ1) is 13.0. The van der Waals surface area contributed by atoms with E-state index in [0.717, 1.165) is 33.6 Å². The molecular formula is C24H23O3-. The molecule has 0 fully saturated rings. The van der Waals surface area contributed by atoms with Crippen LogP contribution in [0.4, 0.5) is 0 Å². The number of benzene rings is 3. The highest BCUT2D eigenvalue weighted by Gasteiger charge is 2.19. The van der Waals surface area contributed by atoms with Gasteiger partial charge in [-0.1, -0.05) is 60.7 Å². The minimum atomic E-state index is -1.05. The van der Waals surface area contributed by atoms with Gasteiger partial charge in [-0.3, -0.25) is 0 Å². The monoisotopic (exact) mass is 359 g/mol. The summed E-state index contributed by atoms with van der Waals surface area (Å²) >= 11 is 0. The molecule has 1 atom stereocenters. The van der Waals surface area contributed by atoms with Crippen molar-refractivity contribution in [3.63, 3.8) is 0 Å². The summed E-state index contributed by atoms with van der Waals surface area (Å²) in [5.41, 5.74) is 4.70.